The fourth-order valence-corrected chi connectivity index (χ4v) is 3.15. The van der Waals surface area contributed by atoms with Crippen molar-refractivity contribution in [3.63, 3.8) is 0 Å². The van der Waals surface area contributed by atoms with Crippen molar-refractivity contribution >= 4 is 11.7 Å². The first-order valence-electron chi connectivity index (χ1n) is 9.60. The van der Waals surface area contributed by atoms with E-state index in [2.05, 4.69) is 10.4 Å². The van der Waals surface area contributed by atoms with Crippen LogP contribution in [0.1, 0.15) is 11.1 Å². The Balaban J connectivity index is 1.79. The van der Waals surface area contributed by atoms with Crippen LogP contribution >= 0.6 is 0 Å². The Bertz CT molecular complexity index is 1200. The largest absolute Gasteiger partial charge is 0.497 e. The van der Waals surface area contributed by atoms with Gasteiger partial charge in [-0.25, -0.2) is 9.78 Å². The molecule has 6 heteroatoms. The summed E-state index contributed by atoms with van der Waals surface area (Å²) in [5, 5.41) is 7.42. The molecule has 1 amide bonds. The molecule has 0 fully saturated rings. The number of carbonyl (C=O) groups is 1. The van der Waals surface area contributed by atoms with E-state index in [1.165, 1.54) is 4.68 Å². The number of amides is 1. The summed E-state index contributed by atoms with van der Waals surface area (Å²) in [5.74, 6) is 1.63. The van der Waals surface area contributed by atoms with Gasteiger partial charge in [0, 0.05) is 16.8 Å². The van der Waals surface area contributed by atoms with E-state index >= 15 is 0 Å². The van der Waals surface area contributed by atoms with E-state index in [4.69, 9.17) is 9.72 Å². The Morgan fingerprint density at radius 2 is 1.73 bits per heavy atom. The lowest BCUT2D eigenvalue weighted by atomic mass is 10.1. The molecule has 0 aliphatic carbocycles. The number of benzene rings is 3. The van der Waals surface area contributed by atoms with Gasteiger partial charge < -0.3 is 10.1 Å². The highest BCUT2D eigenvalue weighted by Crippen LogP contribution is 2.27. The molecule has 0 unspecified atom stereocenters. The van der Waals surface area contributed by atoms with E-state index in [0.29, 0.717) is 23.1 Å². The fraction of sp³-hybridized carbons (Fsp3) is 0.125. The van der Waals surface area contributed by atoms with Crippen LogP contribution in [0.25, 0.3) is 22.8 Å². The minimum atomic E-state index is -0.376. The van der Waals surface area contributed by atoms with Crippen LogP contribution in [0.4, 0.5) is 10.5 Å². The summed E-state index contributed by atoms with van der Waals surface area (Å²) >= 11 is 0. The molecule has 1 heterocycles. The molecule has 0 spiro atoms. The topological polar surface area (TPSA) is 69.0 Å². The zero-order valence-electron chi connectivity index (χ0n) is 17.1. The second-order valence-corrected chi connectivity index (χ2v) is 7.01. The quantitative estimate of drug-likeness (QED) is 0.505. The maximum absolute atomic E-state index is 13.1. The molecule has 1 aromatic heterocycles. The lowest BCUT2D eigenvalue weighted by Crippen LogP contribution is -2.22. The molecule has 0 aliphatic heterocycles. The molecule has 1 N–H and O–H groups in total. The molecule has 0 atom stereocenters. The van der Waals surface area contributed by atoms with Crippen LogP contribution in [0.2, 0.25) is 0 Å². The molecule has 0 radical (unpaired) electrons. The van der Waals surface area contributed by atoms with Crippen LogP contribution < -0.4 is 10.1 Å². The molecular formula is C24H22N4O2. The van der Waals surface area contributed by atoms with Gasteiger partial charge in [-0.05, 0) is 43.7 Å². The maximum Gasteiger partial charge on any atom is 0.348 e. The van der Waals surface area contributed by atoms with Crippen molar-refractivity contribution in [2.45, 2.75) is 13.8 Å². The average Bonchev–Trinajstić information content (AvgIpc) is 3.21. The fourth-order valence-electron chi connectivity index (χ4n) is 3.15. The van der Waals surface area contributed by atoms with Crippen molar-refractivity contribution in [3.05, 3.63) is 83.9 Å². The van der Waals surface area contributed by atoms with Gasteiger partial charge in [-0.1, -0.05) is 54.1 Å². The van der Waals surface area contributed by atoms with Gasteiger partial charge in [0.2, 0.25) is 0 Å². The summed E-state index contributed by atoms with van der Waals surface area (Å²) in [6.45, 7) is 3.98. The lowest BCUT2D eigenvalue weighted by molar-refractivity contribution is 0.251. The molecule has 30 heavy (non-hydrogen) atoms. The van der Waals surface area contributed by atoms with Gasteiger partial charge in [0.05, 0.1) is 7.11 Å². The van der Waals surface area contributed by atoms with Crippen LogP contribution in [-0.4, -0.2) is 27.9 Å². The summed E-state index contributed by atoms with van der Waals surface area (Å²) in [7, 11) is 1.61. The molecule has 6 nitrogen and oxygen atoms in total. The number of rotatable bonds is 4. The Morgan fingerprint density at radius 1 is 0.967 bits per heavy atom. The van der Waals surface area contributed by atoms with Crippen LogP contribution in [0.5, 0.6) is 5.75 Å². The molecule has 4 rings (SSSR count). The minimum absolute atomic E-state index is 0.376. The van der Waals surface area contributed by atoms with Crippen LogP contribution in [-0.2, 0) is 0 Å². The zero-order chi connectivity index (χ0) is 21.1. The monoisotopic (exact) mass is 398 g/mol. The first kappa shape index (κ1) is 19.4. The second-order valence-electron chi connectivity index (χ2n) is 7.01. The number of aromatic nitrogens is 3. The summed E-state index contributed by atoms with van der Waals surface area (Å²) < 4.78 is 6.63. The predicted molar refractivity (Wildman–Crippen MR) is 118 cm³/mol. The standard InChI is InChI=1S/C24H22N4O2/c1-16-11-13-19(14-12-16)25-24(29)28-23(21-10-5-4-7-17(21)2)26-22(27-28)18-8-6-9-20(15-18)30-3/h4-15H,1-3H3,(H,25,29). The molecule has 0 saturated heterocycles. The average molecular weight is 398 g/mol. The van der Waals surface area contributed by atoms with Crippen LogP contribution in [0, 0.1) is 13.8 Å². The SMILES string of the molecule is COc1cccc(-c2nc(-c3ccccc3C)n(C(=O)Nc3ccc(C)cc3)n2)c1. The molecule has 0 aliphatic rings. The smallest absolute Gasteiger partial charge is 0.348 e. The third-order valence-corrected chi connectivity index (χ3v) is 4.82. The highest BCUT2D eigenvalue weighted by molar-refractivity contribution is 5.93. The number of methoxy groups -OCH3 is 1. The van der Waals surface area contributed by atoms with E-state index < -0.39 is 0 Å². The van der Waals surface area contributed by atoms with E-state index in [1.54, 1.807) is 7.11 Å². The number of hydrogen-bond donors (Lipinski definition) is 1. The van der Waals surface area contributed by atoms with Gasteiger partial charge in [-0.2, -0.15) is 4.68 Å². The summed E-state index contributed by atoms with van der Waals surface area (Å²) in [4.78, 5) is 17.8. The Morgan fingerprint density at radius 3 is 2.47 bits per heavy atom. The summed E-state index contributed by atoms with van der Waals surface area (Å²) in [6, 6.07) is 22.5. The van der Waals surface area contributed by atoms with Crippen LogP contribution in [0.15, 0.2) is 72.8 Å². The molecule has 4 aromatic rings. The first-order chi connectivity index (χ1) is 14.5. The Kier molecular flexibility index (Phi) is 5.30. The van der Waals surface area contributed by atoms with Crippen LogP contribution in [0.3, 0.4) is 0 Å². The third kappa shape index (κ3) is 3.93. The number of nitrogens with one attached hydrogen (secondary N) is 1. The number of carbonyl (C=O) groups excluding carboxylic acids is 1. The second kappa shape index (κ2) is 8.21. The summed E-state index contributed by atoms with van der Waals surface area (Å²) in [5.41, 5.74) is 4.44. The number of nitrogens with zero attached hydrogens (tertiary/aromatic N) is 3. The van der Waals surface area contributed by atoms with Gasteiger partial charge in [-0.15, -0.1) is 5.10 Å². The Hall–Kier alpha value is -3.93. The number of ether oxygens (including phenoxy) is 1. The van der Waals surface area contributed by atoms with Crippen molar-refractivity contribution in [2.24, 2.45) is 0 Å². The van der Waals surface area contributed by atoms with Gasteiger partial charge in [0.1, 0.15) is 5.75 Å². The maximum atomic E-state index is 13.1. The highest BCUT2D eigenvalue weighted by Gasteiger charge is 2.20. The number of anilines is 1. The zero-order valence-corrected chi connectivity index (χ0v) is 17.1. The van der Waals surface area contributed by atoms with Gasteiger partial charge >= 0.3 is 6.03 Å². The van der Waals surface area contributed by atoms with E-state index in [9.17, 15) is 4.79 Å². The molecule has 3 aromatic carbocycles. The molecule has 150 valence electrons. The Labute approximate surface area is 175 Å². The van der Waals surface area contributed by atoms with Crippen molar-refractivity contribution in [1.29, 1.82) is 0 Å². The van der Waals surface area contributed by atoms with E-state index in [-0.39, 0.29) is 6.03 Å². The normalized spacial score (nSPS) is 10.6. The predicted octanol–water partition coefficient (Wildman–Crippen LogP) is 5.32. The van der Waals surface area contributed by atoms with Crippen molar-refractivity contribution in [1.82, 2.24) is 14.8 Å². The summed E-state index contributed by atoms with van der Waals surface area (Å²) in [6.07, 6.45) is 0. The van der Waals surface area contributed by atoms with Crippen molar-refractivity contribution < 1.29 is 9.53 Å². The number of aryl methyl sites for hydroxylation is 2. The third-order valence-electron chi connectivity index (χ3n) is 4.82. The number of hydrogen-bond acceptors (Lipinski definition) is 4. The van der Waals surface area contributed by atoms with Crippen molar-refractivity contribution in [3.8, 4) is 28.5 Å². The van der Waals surface area contributed by atoms with Gasteiger partial charge in [0.15, 0.2) is 11.6 Å². The molecule has 0 saturated carbocycles. The van der Waals surface area contributed by atoms with E-state index in [1.807, 2.05) is 86.6 Å². The minimum Gasteiger partial charge on any atom is -0.497 e. The lowest BCUT2D eigenvalue weighted by Gasteiger charge is -2.09. The van der Waals surface area contributed by atoms with E-state index in [0.717, 1.165) is 22.3 Å². The van der Waals surface area contributed by atoms with Gasteiger partial charge in [-0.3, -0.25) is 0 Å². The first-order valence-corrected chi connectivity index (χ1v) is 9.60. The molecule has 0 bridgehead atoms. The van der Waals surface area contributed by atoms with Gasteiger partial charge in [0.25, 0.3) is 0 Å². The highest BCUT2D eigenvalue weighted by atomic mass is 16.5. The van der Waals surface area contributed by atoms with Crippen molar-refractivity contribution in [2.75, 3.05) is 12.4 Å². The molecular weight excluding hydrogens is 376 g/mol.